The Morgan fingerprint density at radius 3 is 1.83 bits per heavy atom. The number of hydrogen-bond donors (Lipinski definition) is 0. The van der Waals surface area contributed by atoms with Crippen LogP contribution in [-0.4, -0.2) is 20.3 Å². The average Bonchev–Trinajstić information content (AvgIpc) is 3.17. The van der Waals surface area contributed by atoms with Crippen LogP contribution in [0.1, 0.15) is 121 Å². The van der Waals surface area contributed by atoms with Gasteiger partial charge in [-0.1, -0.05) is 131 Å². The molecule has 2 nitrogen and oxygen atoms in total. The lowest BCUT2D eigenvalue weighted by molar-refractivity contribution is 0.143. The molecule has 36 heavy (non-hydrogen) atoms. The van der Waals surface area contributed by atoms with Gasteiger partial charge in [0.05, 0.1) is 0 Å². The van der Waals surface area contributed by atoms with Crippen molar-refractivity contribution in [3.05, 3.63) is 52.0 Å². The molecule has 2 aliphatic rings. The first-order valence-corrected chi connectivity index (χ1v) is 15.7. The highest BCUT2D eigenvalue weighted by molar-refractivity contribution is 9.10. The van der Waals surface area contributed by atoms with Crippen molar-refractivity contribution in [3.63, 3.8) is 0 Å². The van der Waals surface area contributed by atoms with Crippen LogP contribution in [0.15, 0.2) is 40.9 Å². The van der Waals surface area contributed by atoms with Crippen LogP contribution in [0.25, 0.3) is 11.1 Å². The summed E-state index contributed by atoms with van der Waals surface area (Å²) in [6.45, 7) is 6.18. The van der Waals surface area contributed by atoms with E-state index < -0.39 is 0 Å². The summed E-state index contributed by atoms with van der Waals surface area (Å²) >= 11 is 3.82. The Morgan fingerprint density at radius 1 is 0.694 bits per heavy atom. The lowest BCUT2D eigenvalue weighted by Gasteiger charge is -2.33. The van der Waals surface area contributed by atoms with E-state index in [2.05, 4.69) is 66.2 Å². The van der Waals surface area contributed by atoms with Gasteiger partial charge in [-0.25, -0.2) is 0 Å². The van der Waals surface area contributed by atoms with Crippen molar-refractivity contribution in [3.8, 4) is 11.1 Å². The Morgan fingerprint density at radius 2 is 1.22 bits per heavy atom. The molecule has 2 aromatic rings. The first-order valence-electron chi connectivity index (χ1n) is 14.9. The van der Waals surface area contributed by atoms with Crippen LogP contribution in [0.5, 0.6) is 0 Å². The van der Waals surface area contributed by atoms with Crippen LogP contribution in [0.4, 0.5) is 0 Å². The smallest absolute Gasteiger partial charge is 0.407 e. The molecule has 0 spiro atoms. The molecule has 0 bridgehead atoms. The molecule has 0 N–H and O–H groups in total. The Balaban J connectivity index is 1.64. The van der Waals surface area contributed by atoms with Crippen molar-refractivity contribution < 1.29 is 9.31 Å². The monoisotopic (exact) mass is 552 g/mol. The van der Waals surface area contributed by atoms with Crippen molar-refractivity contribution in [1.82, 2.24) is 0 Å². The second kappa shape index (κ2) is 14.2. The summed E-state index contributed by atoms with van der Waals surface area (Å²) in [5, 5.41) is 0. The van der Waals surface area contributed by atoms with E-state index in [0.29, 0.717) is 0 Å². The maximum atomic E-state index is 6.03. The van der Waals surface area contributed by atoms with E-state index in [-0.39, 0.29) is 12.5 Å². The molecule has 2 aromatic carbocycles. The molecule has 0 aromatic heterocycles. The molecule has 0 saturated carbocycles. The SMILES string of the molecule is CCCCCCCCC1(CCCCCCCC)c2cc(Br)ccc2-c2ccc(B3OCCCO3)cc21. The molecule has 1 saturated heterocycles. The van der Waals surface area contributed by atoms with Gasteiger partial charge in [0.2, 0.25) is 0 Å². The normalized spacial score (nSPS) is 16.2. The van der Waals surface area contributed by atoms with Gasteiger partial charge in [-0.3, -0.25) is 0 Å². The van der Waals surface area contributed by atoms with Gasteiger partial charge < -0.3 is 9.31 Å². The van der Waals surface area contributed by atoms with E-state index in [1.807, 2.05) is 0 Å². The zero-order valence-corrected chi connectivity index (χ0v) is 24.3. The molecule has 4 rings (SSSR count). The first-order chi connectivity index (χ1) is 17.7. The fourth-order valence-corrected chi connectivity index (χ4v) is 6.75. The molecule has 1 aliphatic carbocycles. The molecule has 4 heteroatoms. The van der Waals surface area contributed by atoms with E-state index in [1.165, 1.54) is 122 Å². The molecular weight excluding hydrogens is 507 g/mol. The van der Waals surface area contributed by atoms with E-state index >= 15 is 0 Å². The summed E-state index contributed by atoms with van der Waals surface area (Å²) in [6, 6.07) is 14.0. The second-order valence-corrected chi connectivity index (χ2v) is 12.0. The molecule has 0 unspecified atom stereocenters. The quantitative estimate of drug-likeness (QED) is 0.162. The third-order valence-electron chi connectivity index (χ3n) is 8.36. The summed E-state index contributed by atoms with van der Waals surface area (Å²) < 4.78 is 13.3. The summed E-state index contributed by atoms with van der Waals surface area (Å²) in [7, 11) is -0.222. The van der Waals surface area contributed by atoms with Crippen molar-refractivity contribution in [2.75, 3.05) is 13.2 Å². The van der Waals surface area contributed by atoms with Crippen molar-refractivity contribution in [2.24, 2.45) is 0 Å². The minimum atomic E-state index is -0.222. The van der Waals surface area contributed by atoms with Gasteiger partial charge in [0, 0.05) is 23.1 Å². The Hall–Kier alpha value is -1.10. The highest BCUT2D eigenvalue weighted by Crippen LogP contribution is 2.54. The number of benzene rings is 2. The number of rotatable bonds is 15. The molecule has 196 valence electrons. The fourth-order valence-electron chi connectivity index (χ4n) is 6.39. The average molecular weight is 553 g/mol. The number of fused-ring (bicyclic) bond motifs is 3. The topological polar surface area (TPSA) is 18.5 Å². The van der Waals surface area contributed by atoms with Gasteiger partial charge in [-0.15, -0.1) is 0 Å². The van der Waals surface area contributed by atoms with E-state index in [0.717, 1.165) is 19.6 Å². The molecular formula is C32H46BBrO2. The minimum absolute atomic E-state index is 0.0919. The van der Waals surface area contributed by atoms with Gasteiger partial charge in [0.1, 0.15) is 0 Å². The summed E-state index contributed by atoms with van der Waals surface area (Å²) in [5.74, 6) is 0. The highest BCUT2D eigenvalue weighted by Gasteiger charge is 2.43. The molecule has 0 radical (unpaired) electrons. The molecule has 0 atom stereocenters. The largest absolute Gasteiger partial charge is 0.493 e. The van der Waals surface area contributed by atoms with E-state index in [1.54, 1.807) is 0 Å². The summed E-state index contributed by atoms with van der Waals surface area (Å²) in [6.07, 6.45) is 19.6. The van der Waals surface area contributed by atoms with E-state index in [9.17, 15) is 0 Å². The van der Waals surface area contributed by atoms with Gasteiger partial charge in [-0.05, 0) is 59.1 Å². The van der Waals surface area contributed by atoms with Crippen molar-refractivity contribution in [2.45, 2.75) is 116 Å². The maximum absolute atomic E-state index is 6.03. The zero-order chi connectivity index (χ0) is 25.2. The fraction of sp³-hybridized carbons (Fsp3) is 0.625. The maximum Gasteiger partial charge on any atom is 0.493 e. The molecule has 1 fully saturated rings. The molecule has 0 amide bonds. The number of hydrogen-bond acceptors (Lipinski definition) is 2. The van der Waals surface area contributed by atoms with E-state index in [4.69, 9.17) is 9.31 Å². The van der Waals surface area contributed by atoms with Crippen molar-refractivity contribution in [1.29, 1.82) is 0 Å². The summed E-state index contributed by atoms with van der Waals surface area (Å²) in [5.41, 5.74) is 7.20. The van der Waals surface area contributed by atoms with Crippen LogP contribution in [-0.2, 0) is 14.7 Å². The van der Waals surface area contributed by atoms with Crippen molar-refractivity contribution >= 4 is 28.5 Å². The molecule has 1 aliphatic heterocycles. The van der Waals surface area contributed by atoms with Gasteiger partial charge in [0.15, 0.2) is 0 Å². The summed E-state index contributed by atoms with van der Waals surface area (Å²) in [4.78, 5) is 0. The minimum Gasteiger partial charge on any atom is -0.407 e. The van der Waals surface area contributed by atoms with Crippen LogP contribution in [0.3, 0.4) is 0 Å². The Bertz CT molecular complexity index is 937. The van der Waals surface area contributed by atoms with Crippen LogP contribution in [0, 0.1) is 0 Å². The molecule has 1 heterocycles. The number of halogens is 1. The highest BCUT2D eigenvalue weighted by atomic mass is 79.9. The van der Waals surface area contributed by atoms with Gasteiger partial charge in [0.25, 0.3) is 0 Å². The predicted molar refractivity (Wildman–Crippen MR) is 158 cm³/mol. The van der Waals surface area contributed by atoms with Gasteiger partial charge >= 0.3 is 7.12 Å². The van der Waals surface area contributed by atoms with Gasteiger partial charge in [-0.2, -0.15) is 0 Å². The first kappa shape index (κ1) is 27.9. The third kappa shape index (κ3) is 6.66. The zero-order valence-electron chi connectivity index (χ0n) is 22.8. The standard InChI is InChI=1S/C32H46BBrO2/c1-3-5-7-9-11-13-20-32(21-14-12-10-8-6-4-2)30-24-26(33-35-22-15-23-36-33)16-18-28(30)29-19-17-27(34)25-31(29)32/h16-19,24-25H,3-15,20-23H2,1-2H3. The van der Waals surface area contributed by atoms with Crippen LogP contribution < -0.4 is 5.46 Å². The lowest BCUT2D eigenvalue weighted by Crippen LogP contribution is -2.41. The predicted octanol–water partition coefficient (Wildman–Crippen LogP) is 9.35. The second-order valence-electron chi connectivity index (χ2n) is 11.0. The number of unbranched alkanes of at least 4 members (excludes halogenated alkanes) is 10. The van der Waals surface area contributed by atoms with Crippen LogP contribution >= 0.6 is 15.9 Å². The Kier molecular flexibility index (Phi) is 11.0. The van der Waals surface area contributed by atoms with Crippen LogP contribution in [0.2, 0.25) is 0 Å². The Labute approximate surface area is 229 Å². The lowest BCUT2D eigenvalue weighted by atomic mass is 9.68. The third-order valence-corrected chi connectivity index (χ3v) is 8.85.